The van der Waals surface area contributed by atoms with Gasteiger partial charge < -0.3 is 9.64 Å². The molecule has 2 rings (SSSR count). The second-order valence-electron chi connectivity index (χ2n) is 5.14. The first-order valence-corrected chi connectivity index (χ1v) is 7.33. The van der Waals surface area contributed by atoms with Gasteiger partial charge in [0.15, 0.2) is 0 Å². The van der Waals surface area contributed by atoms with E-state index in [0.717, 1.165) is 30.9 Å². The average molecular weight is 274 g/mol. The van der Waals surface area contributed by atoms with Crippen molar-refractivity contribution in [2.45, 2.75) is 32.2 Å². The van der Waals surface area contributed by atoms with Crippen molar-refractivity contribution in [3.63, 3.8) is 0 Å². The van der Waals surface area contributed by atoms with Gasteiger partial charge >= 0.3 is 0 Å². The molecule has 0 bridgehead atoms. The summed E-state index contributed by atoms with van der Waals surface area (Å²) in [6.07, 6.45) is 5.14. The Kier molecular flexibility index (Phi) is 6.21. The van der Waals surface area contributed by atoms with Gasteiger partial charge in [0.2, 0.25) is 0 Å². The van der Waals surface area contributed by atoms with Crippen molar-refractivity contribution in [1.29, 1.82) is 0 Å². The van der Waals surface area contributed by atoms with Crippen LogP contribution in [0.1, 0.15) is 31.2 Å². The van der Waals surface area contributed by atoms with E-state index < -0.39 is 0 Å². The van der Waals surface area contributed by atoms with Crippen molar-refractivity contribution in [3.8, 4) is 5.75 Å². The molecule has 5 heteroatoms. The summed E-state index contributed by atoms with van der Waals surface area (Å²) >= 11 is 0. The first-order chi connectivity index (χ1) is 9.88. The Hall–Kier alpha value is -1.71. The zero-order valence-corrected chi connectivity index (χ0v) is 11.9. The summed E-state index contributed by atoms with van der Waals surface area (Å²) in [5.74, 6) is 0.883. The van der Waals surface area contributed by atoms with Crippen LogP contribution in [0.4, 0.5) is 0 Å². The Morgan fingerprint density at radius 1 is 1.15 bits per heavy atom. The van der Waals surface area contributed by atoms with Gasteiger partial charge in [0.25, 0.3) is 0 Å². The summed E-state index contributed by atoms with van der Waals surface area (Å²) in [4.78, 5) is 5.27. The highest BCUT2D eigenvalue weighted by Gasteiger charge is 2.08. The third kappa shape index (κ3) is 5.11. The molecule has 1 aromatic rings. The van der Waals surface area contributed by atoms with Crippen LogP contribution in [-0.2, 0) is 6.54 Å². The van der Waals surface area contributed by atoms with Gasteiger partial charge in [0.1, 0.15) is 5.75 Å². The van der Waals surface area contributed by atoms with E-state index in [1.165, 1.54) is 32.4 Å². The number of likely N-dealkylation sites (tertiary alicyclic amines) is 1. The van der Waals surface area contributed by atoms with E-state index in [1.807, 2.05) is 24.3 Å². The normalized spacial score (nSPS) is 15.6. The maximum atomic E-state index is 8.26. The molecule has 5 nitrogen and oxygen atoms in total. The van der Waals surface area contributed by atoms with Crippen molar-refractivity contribution >= 4 is 0 Å². The summed E-state index contributed by atoms with van der Waals surface area (Å²) in [6.45, 7) is 4.77. The highest BCUT2D eigenvalue weighted by molar-refractivity contribution is 5.27. The van der Waals surface area contributed by atoms with Crippen LogP contribution < -0.4 is 4.74 Å². The number of hydrogen-bond acceptors (Lipinski definition) is 3. The van der Waals surface area contributed by atoms with Crippen LogP contribution in [-0.4, -0.2) is 31.1 Å². The molecular weight excluding hydrogens is 252 g/mol. The van der Waals surface area contributed by atoms with Crippen LogP contribution in [0.15, 0.2) is 29.4 Å². The fourth-order valence-corrected chi connectivity index (χ4v) is 2.47. The van der Waals surface area contributed by atoms with E-state index in [1.54, 1.807) is 0 Å². The van der Waals surface area contributed by atoms with E-state index in [2.05, 4.69) is 14.9 Å². The molecule has 0 aromatic heterocycles. The Bertz CT molecular complexity index is 434. The Balaban J connectivity index is 1.64. The van der Waals surface area contributed by atoms with E-state index in [9.17, 15) is 0 Å². The van der Waals surface area contributed by atoms with Crippen molar-refractivity contribution in [3.05, 3.63) is 40.3 Å². The van der Waals surface area contributed by atoms with Crippen molar-refractivity contribution in [1.82, 2.24) is 4.90 Å². The molecule has 20 heavy (non-hydrogen) atoms. The largest absolute Gasteiger partial charge is 0.494 e. The minimum absolute atomic E-state index is 0.395. The molecule has 0 amide bonds. The highest BCUT2D eigenvalue weighted by atomic mass is 16.5. The maximum Gasteiger partial charge on any atom is 0.119 e. The zero-order valence-electron chi connectivity index (χ0n) is 11.9. The molecule has 0 saturated carbocycles. The molecular formula is C15H22N4O. The number of rotatable bonds is 7. The second-order valence-corrected chi connectivity index (χ2v) is 5.14. The first kappa shape index (κ1) is 14.7. The number of piperidine rings is 1. The molecule has 1 aromatic carbocycles. The fraction of sp³-hybridized carbons (Fsp3) is 0.600. The van der Waals surface area contributed by atoms with Crippen molar-refractivity contribution < 1.29 is 4.74 Å². The van der Waals surface area contributed by atoms with E-state index in [-0.39, 0.29) is 0 Å². The predicted molar refractivity (Wildman–Crippen MR) is 79.7 cm³/mol. The monoisotopic (exact) mass is 274 g/mol. The minimum atomic E-state index is 0.395. The molecule has 0 unspecified atom stereocenters. The molecule has 0 atom stereocenters. The lowest BCUT2D eigenvalue weighted by Gasteiger charge is -2.26. The van der Waals surface area contributed by atoms with Gasteiger partial charge in [0.05, 0.1) is 13.2 Å². The molecule has 1 heterocycles. The zero-order chi connectivity index (χ0) is 14.0. The third-order valence-electron chi connectivity index (χ3n) is 3.58. The fourth-order valence-electron chi connectivity index (χ4n) is 2.47. The van der Waals surface area contributed by atoms with Crippen molar-refractivity contribution in [2.75, 3.05) is 26.2 Å². The standard InChI is InChI=1S/C15H22N4O/c16-18-17-13-14-5-7-15(8-6-14)20-12-4-11-19-9-2-1-3-10-19/h5-8H,1-4,9-13H2. The molecule has 1 saturated heterocycles. The number of azide groups is 1. The first-order valence-electron chi connectivity index (χ1n) is 7.33. The lowest BCUT2D eigenvalue weighted by molar-refractivity contribution is 0.205. The van der Waals surface area contributed by atoms with Crippen LogP contribution in [0.3, 0.4) is 0 Å². The quantitative estimate of drug-likeness (QED) is 0.329. The van der Waals surface area contributed by atoms with Gasteiger partial charge in [0, 0.05) is 11.5 Å². The second kappa shape index (κ2) is 8.46. The minimum Gasteiger partial charge on any atom is -0.494 e. The Morgan fingerprint density at radius 2 is 1.90 bits per heavy atom. The molecule has 1 aliphatic heterocycles. The molecule has 1 aliphatic rings. The van der Waals surface area contributed by atoms with Crippen LogP contribution in [0.25, 0.3) is 10.4 Å². The van der Waals surface area contributed by atoms with E-state index >= 15 is 0 Å². The number of ether oxygens (including phenoxy) is 1. The number of nitrogens with zero attached hydrogens (tertiary/aromatic N) is 4. The number of benzene rings is 1. The molecule has 0 spiro atoms. The van der Waals surface area contributed by atoms with Crippen molar-refractivity contribution in [2.24, 2.45) is 5.11 Å². The summed E-state index contributed by atoms with van der Waals surface area (Å²) < 4.78 is 5.73. The van der Waals surface area contributed by atoms with Gasteiger partial charge in [-0.1, -0.05) is 23.7 Å². The predicted octanol–water partition coefficient (Wildman–Crippen LogP) is 3.75. The summed E-state index contributed by atoms with van der Waals surface area (Å²) in [7, 11) is 0. The number of hydrogen-bond donors (Lipinski definition) is 0. The maximum absolute atomic E-state index is 8.26. The smallest absolute Gasteiger partial charge is 0.119 e. The Labute approximate surface area is 120 Å². The SMILES string of the molecule is [N-]=[N+]=NCc1ccc(OCCCN2CCCCC2)cc1. The molecule has 1 fully saturated rings. The molecule has 108 valence electrons. The third-order valence-corrected chi connectivity index (χ3v) is 3.58. The van der Waals surface area contributed by atoms with E-state index in [0.29, 0.717) is 6.54 Å². The van der Waals surface area contributed by atoms with Crippen LogP contribution in [0.5, 0.6) is 5.75 Å². The molecule has 0 aliphatic carbocycles. The molecule has 0 radical (unpaired) electrons. The summed E-state index contributed by atoms with van der Waals surface area (Å²) in [6, 6.07) is 7.75. The van der Waals surface area contributed by atoms with Gasteiger partial charge in [-0.3, -0.25) is 0 Å². The van der Waals surface area contributed by atoms with Crippen LogP contribution in [0.2, 0.25) is 0 Å². The van der Waals surface area contributed by atoms with Crippen LogP contribution >= 0.6 is 0 Å². The summed E-state index contributed by atoms with van der Waals surface area (Å²) in [5.41, 5.74) is 9.27. The van der Waals surface area contributed by atoms with Gasteiger partial charge in [-0.2, -0.15) is 0 Å². The topological polar surface area (TPSA) is 61.2 Å². The highest BCUT2D eigenvalue weighted by Crippen LogP contribution is 2.14. The Morgan fingerprint density at radius 3 is 2.60 bits per heavy atom. The molecule has 0 N–H and O–H groups in total. The van der Waals surface area contributed by atoms with Crippen LogP contribution in [0, 0.1) is 0 Å². The van der Waals surface area contributed by atoms with Gasteiger partial charge in [-0.25, -0.2) is 0 Å². The van der Waals surface area contributed by atoms with Gasteiger partial charge in [-0.05, 0) is 55.6 Å². The average Bonchev–Trinajstić information content (AvgIpc) is 2.52. The van der Waals surface area contributed by atoms with Gasteiger partial charge in [-0.15, -0.1) is 0 Å². The lowest BCUT2D eigenvalue weighted by atomic mass is 10.1. The summed E-state index contributed by atoms with van der Waals surface area (Å²) in [5, 5.41) is 3.53. The lowest BCUT2D eigenvalue weighted by Crippen LogP contribution is -2.31. The van der Waals surface area contributed by atoms with E-state index in [4.69, 9.17) is 10.3 Å².